The molecule has 0 saturated carbocycles. The van der Waals surface area contributed by atoms with Crippen molar-refractivity contribution in [2.75, 3.05) is 0 Å². The van der Waals surface area contributed by atoms with Crippen LogP contribution in [0.25, 0.3) is 10.9 Å². The van der Waals surface area contributed by atoms with E-state index in [0.717, 1.165) is 23.3 Å². The third kappa shape index (κ3) is 2.24. The predicted molar refractivity (Wildman–Crippen MR) is 79.0 cm³/mol. The first-order chi connectivity index (χ1) is 9.19. The smallest absolute Gasteiger partial charge is 0.128 e. The molecule has 98 valence electrons. The molecule has 0 saturated heterocycles. The Morgan fingerprint density at radius 2 is 2.00 bits per heavy atom. The minimum absolute atomic E-state index is 0.649. The molecule has 0 atom stereocenters. The van der Waals surface area contributed by atoms with Gasteiger partial charge in [-0.3, -0.25) is 0 Å². The maximum Gasteiger partial charge on any atom is 0.128 e. The zero-order valence-electron chi connectivity index (χ0n) is 10.5. The number of imidazole rings is 1. The van der Waals surface area contributed by atoms with Crippen molar-refractivity contribution in [1.82, 2.24) is 14.1 Å². The first-order valence-corrected chi connectivity index (χ1v) is 6.88. The molecule has 5 heteroatoms. The zero-order chi connectivity index (χ0) is 13.4. The number of hydrogen-bond donors (Lipinski definition) is 0. The van der Waals surface area contributed by atoms with Crippen LogP contribution < -0.4 is 0 Å². The fourth-order valence-electron chi connectivity index (χ4n) is 2.29. The van der Waals surface area contributed by atoms with E-state index in [1.165, 1.54) is 0 Å². The van der Waals surface area contributed by atoms with E-state index in [0.29, 0.717) is 16.6 Å². The van der Waals surface area contributed by atoms with Crippen molar-refractivity contribution in [3.05, 3.63) is 52.7 Å². The first kappa shape index (κ1) is 12.6. The number of halogens is 2. The second kappa shape index (κ2) is 4.91. The summed E-state index contributed by atoms with van der Waals surface area (Å²) in [5.74, 6) is 1.02. The number of hydrogen-bond acceptors (Lipinski definition) is 1. The largest absolute Gasteiger partial charge is 0.340 e. The summed E-state index contributed by atoms with van der Waals surface area (Å²) in [7, 11) is 0. The van der Waals surface area contributed by atoms with Gasteiger partial charge in [0.1, 0.15) is 5.82 Å². The van der Waals surface area contributed by atoms with Crippen molar-refractivity contribution in [3.63, 3.8) is 0 Å². The molecule has 3 aromatic rings. The van der Waals surface area contributed by atoms with Crippen LogP contribution in [-0.4, -0.2) is 14.1 Å². The Kier molecular flexibility index (Phi) is 3.25. The SMILES string of the molecule is CCn1ccnc1Cn1ccc2c(Cl)cc(Cl)cc21. The molecule has 0 N–H and O–H groups in total. The summed E-state index contributed by atoms with van der Waals surface area (Å²) < 4.78 is 4.24. The van der Waals surface area contributed by atoms with Gasteiger partial charge in [0.25, 0.3) is 0 Å². The number of nitrogens with zero attached hydrogens (tertiary/aromatic N) is 3. The van der Waals surface area contributed by atoms with Gasteiger partial charge < -0.3 is 9.13 Å². The van der Waals surface area contributed by atoms with Crippen LogP contribution in [0, 0.1) is 0 Å². The van der Waals surface area contributed by atoms with E-state index in [1.807, 2.05) is 30.7 Å². The van der Waals surface area contributed by atoms with Crippen LogP contribution >= 0.6 is 23.2 Å². The average molecular weight is 294 g/mol. The molecule has 0 amide bonds. The maximum absolute atomic E-state index is 6.20. The molecule has 3 rings (SSSR count). The van der Waals surface area contributed by atoms with Crippen molar-refractivity contribution in [2.45, 2.75) is 20.0 Å². The lowest BCUT2D eigenvalue weighted by molar-refractivity contribution is 0.662. The van der Waals surface area contributed by atoms with Crippen LogP contribution in [0.4, 0.5) is 0 Å². The molecule has 19 heavy (non-hydrogen) atoms. The van der Waals surface area contributed by atoms with Gasteiger partial charge in [-0.05, 0) is 25.1 Å². The Bertz CT molecular complexity index is 727. The van der Waals surface area contributed by atoms with Gasteiger partial charge in [0.05, 0.1) is 17.1 Å². The molecule has 0 aliphatic rings. The van der Waals surface area contributed by atoms with E-state index in [4.69, 9.17) is 23.2 Å². The van der Waals surface area contributed by atoms with Crippen molar-refractivity contribution >= 4 is 34.1 Å². The molecule has 2 aromatic heterocycles. The van der Waals surface area contributed by atoms with E-state index in [1.54, 1.807) is 6.07 Å². The molecule has 0 aliphatic carbocycles. The molecule has 0 radical (unpaired) electrons. The fourth-order valence-corrected chi connectivity index (χ4v) is 2.83. The topological polar surface area (TPSA) is 22.8 Å². The zero-order valence-corrected chi connectivity index (χ0v) is 12.0. The first-order valence-electron chi connectivity index (χ1n) is 6.13. The highest BCUT2D eigenvalue weighted by molar-refractivity contribution is 6.38. The van der Waals surface area contributed by atoms with Gasteiger partial charge in [0.2, 0.25) is 0 Å². The minimum Gasteiger partial charge on any atom is -0.340 e. The second-order valence-electron chi connectivity index (χ2n) is 4.39. The molecule has 0 bridgehead atoms. The van der Waals surface area contributed by atoms with Gasteiger partial charge in [0.15, 0.2) is 0 Å². The van der Waals surface area contributed by atoms with Crippen molar-refractivity contribution in [3.8, 4) is 0 Å². The molecule has 0 fully saturated rings. The quantitative estimate of drug-likeness (QED) is 0.709. The van der Waals surface area contributed by atoms with E-state index >= 15 is 0 Å². The molecule has 2 heterocycles. The summed E-state index contributed by atoms with van der Waals surface area (Å²) in [5.41, 5.74) is 1.03. The Labute approximate surface area is 121 Å². The number of benzene rings is 1. The lowest BCUT2D eigenvalue weighted by atomic mass is 10.2. The van der Waals surface area contributed by atoms with Crippen LogP contribution in [0.2, 0.25) is 10.0 Å². The fraction of sp³-hybridized carbons (Fsp3) is 0.214. The van der Waals surface area contributed by atoms with Gasteiger partial charge in [-0.15, -0.1) is 0 Å². The van der Waals surface area contributed by atoms with Crippen LogP contribution in [0.5, 0.6) is 0 Å². The summed E-state index contributed by atoms with van der Waals surface area (Å²) in [4.78, 5) is 4.39. The minimum atomic E-state index is 0.649. The lowest BCUT2D eigenvalue weighted by Gasteiger charge is -2.08. The normalized spacial score (nSPS) is 11.3. The van der Waals surface area contributed by atoms with Crippen molar-refractivity contribution in [1.29, 1.82) is 0 Å². The molecule has 0 aliphatic heterocycles. The van der Waals surface area contributed by atoms with Crippen LogP contribution in [-0.2, 0) is 13.1 Å². The van der Waals surface area contributed by atoms with E-state index < -0.39 is 0 Å². The number of fused-ring (bicyclic) bond motifs is 1. The molecule has 1 aromatic carbocycles. The van der Waals surface area contributed by atoms with Crippen LogP contribution in [0.1, 0.15) is 12.7 Å². The Hall–Kier alpha value is -1.45. The van der Waals surface area contributed by atoms with E-state index in [2.05, 4.69) is 21.0 Å². The van der Waals surface area contributed by atoms with Crippen LogP contribution in [0.15, 0.2) is 36.8 Å². The second-order valence-corrected chi connectivity index (χ2v) is 5.24. The highest BCUT2D eigenvalue weighted by Gasteiger charge is 2.09. The van der Waals surface area contributed by atoms with Gasteiger partial charge in [0, 0.05) is 35.5 Å². The molecule has 0 spiro atoms. The molecule has 3 nitrogen and oxygen atoms in total. The third-order valence-electron chi connectivity index (χ3n) is 3.26. The Morgan fingerprint density at radius 3 is 2.79 bits per heavy atom. The summed E-state index contributed by atoms with van der Waals surface area (Å²) in [5, 5.41) is 2.34. The summed E-state index contributed by atoms with van der Waals surface area (Å²) >= 11 is 12.3. The van der Waals surface area contributed by atoms with Gasteiger partial charge in [-0.1, -0.05) is 23.2 Å². The van der Waals surface area contributed by atoms with Crippen molar-refractivity contribution < 1.29 is 0 Å². The van der Waals surface area contributed by atoms with Gasteiger partial charge in [-0.2, -0.15) is 0 Å². The number of rotatable bonds is 3. The third-order valence-corrected chi connectivity index (χ3v) is 3.79. The van der Waals surface area contributed by atoms with Gasteiger partial charge in [-0.25, -0.2) is 4.98 Å². The summed E-state index contributed by atoms with van der Waals surface area (Å²) in [6, 6.07) is 5.71. The lowest BCUT2D eigenvalue weighted by Crippen LogP contribution is -2.06. The molecular weight excluding hydrogens is 281 g/mol. The van der Waals surface area contributed by atoms with Crippen LogP contribution in [0.3, 0.4) is 0 Å². The summed E-state index contributed by atoms with van der Waals surface area (Å²) in [6.07, 6.45) is 5.83. The highest BCUT2D eigenvalue weighted by atomic mass is 35.5. The van der Waals surface area contributed by atoms with E-state index in [9.17, 15) is 0 Å². The molecular formula is C14H13Cl2N3. The summed E-state index contributed by atoms with van der Waals surface area (Å²) in [6.45, 7) is 3.73. The monoisotopic (exact) mass is 293 g/mol. The van der Waals surface area contributed by atoms with Crippen molar-refractivity contribution in [2.24, 2.45) is 0 Å². The Morgan fingerprint density at radius 1 is 1.16 bits per heavy atom. The predicted octanol–water partition coefficient (Wildman–Crippen LogP) is 4.21. The molecule has 0 unspecified atom stereocenters. The number of aromatic nitrogens is 3. The van der Waals surface area contributed by atoms with Gasteiger partial charge >= 0.3 is 0 Å². The standard InChI is InChI=1S/C14H13Cl2N3/c1-2-18-6-4-17-14(18)9-19-5-3-11-12(16)7-10(15)8-13(11)19/h3-8H,2,9H2,1H3. The Balaban J connectivity index is 2.06. The maximum atomic E-state index is 6.20. The van der Waals surface area contributed by atoms with E-state index in [-0.39, 0.29) is 0 Å². The average Bonchev–Trinajstić information content (AvgIpc) is 2.97. The number of aryl methyl sites for hydroxylation is 1. The highest BCUT2D eigenvalue weighted by Crippen LogP contribution is 2.29.